The molecule has 10 heteroatoms. The van der Waals surface area contributed by atoms with Crippen molar-refractivity contribution in [2.45, 2.75) is 51.9 Å². The molecule has 0 amide bonds. The molecule has 2 atom stereocenters. The molecule has 3 aromatic heterocycles. The number of benzene rings is 1. The molecule has 1 saturated heterocycles. The fourth-order valence-electron chi connectivity index (χ4n) is 4.99. The number of hydrogen-bond donors (Lipinski definition) is 1. The van der Waals surface area contributed by atoms with Gasteiger partial charge in [0.25, 0.3) is 5.56 Å². The predicted molar refractivity (Wildman–Crippen MR) is 134 cm³/mol. The van der Waals surface area contributed by atoms with Gasteiger partial charge in [-0.25, -0.2) is 4.68 Å². The van der Waals surface area contributed by atoms with E-state index in [0.29, 0.717) is 25.2 Å². The lowest BCUT2D eigenvalue weighted by Gasteiger charge is -2.35. The van der Waals surface area contributed by atoms with Gasteiger partial charge >= 0.3 is 0 Å². The molecule has 0 saturated carbocycles. The number of rotatable bonds is 10. The van der Waals surface area contributed by atoms with Crippen molar-refractivity contribution in [2.24, 2.45) is 5.92 Å². The molecule has 0 unspecified atom stereocenters. The minimum absolute atomic E-state index is 0.0975. The molecule has 1 aromatic carbocycles. The number of methoxy groups -OCH3 is 1. The van der Waals surface area contributed by atoms with Crippen molar-refractivity contribution >= 4 is 10.9 Å². The Kier molecular flexibility index (Phi) is 7.15. The molecule has 0 bridgehead atoms. The van der Waals surface area contributed by atoms with Crippen molar-refractivity contribution in [3.05, 3.63) is 70.2 Å². The molecule has 1 aliphatic rings. The zero-order valence-electron chi connectivity index (χ0n) is 20.9. The fourth-order valence-corrected chi connectivity index (χ4v) is 4.99. The molecular weight excluding hydrogens is 460 g/mol. The van der Waals surface area contributed by atoms with Gasteiger partial charge in [-0.2, -0.15) is 0 Å². The van der Waals surface area contributed by atoms with Crippen LogP contribution in [0.3, 0.4) is 0 Å². The highest BCUT2D eigenvalue weighted by Crippen LogP contribution is 2.31. The summed E-state index contributed by atoms with van der Waals surface area (Å²) in [5.41, 5.74) is 1.34. The van der Waals surface area contributed by atoms with Gasteiger partial charge in [0.05, 0.1) is 25.5 Å². The number of aromatic nitrogens is 5. The number of hydrogen-bond acceptors (Lipinski definition) is 8. The number of aromatic amines is 1. The van der Waals surface area contributed by atoms with Crippen LogP contribution in [0.5, 0.6) is 5.75 Å². The van der Waals surface area contributed by atoms with E-state index < -0.39 is 0 Å². The summed E-state index contributed by atoms with van der Waals surface area (Å²) in [4.78, 5) is 18.4. The Hall–Kier alpha value is -3.50. The lowest BCUT2D eigenvalue weighted by atomic mass is 9.99. The Morgan fingerprint density at radius 1 is 1.28 bits per heavy atom. The Morgan fingerprint density at radius 3 is 2.89 bits per heavy atom. The van der Waals surface area contributed by atoms with Crippen LogP contribution in [0, 0.1) is 5.92 Å². The van der Waals surface area contributed by atoms with Gasteiger partial charge in [-0.05, 0) is 65.6 Å². The Bertz CT molecular complexity index is 1340. The van der Waals surface area contributed by atoms with Gasteiger partial charge in [-0.15, -0.1) is 5.10 Å². The van der Waals surface area contributed by atoms with Crippen LogP contribution in [0.15, 0.2) is 51.9 Å². The highest BCUT2D eigenvalue weighted by molar-refractivity contribution is 5.80. The first kappa shape index (κ1) is 24.2. The van der Waals surface area contributed by atoms with Gasteiger partial charge in [0.1, 0.15) is 18.1 Å². The standard InChI is InChI=1S/C26H32N6O4/c1-17(2)24(25-28-29-30-32(25)16-22-7-5-11-36-22)31(15-21-6-4-10-35-21)14-19-12-18-13-20(34-3)8-9-23(18)27-26(19)33/h5,7-9,11-13,17,21,24H,4,6,10,14-16H2,1-3H3,(H,27,33)/t21-,24+/m0/s1. The minimum Gasteiger partial charge on any atom is -0.497 e. The van der Waals surface area contributed by atoms with Crippen LogP contribution in [0.1, 0.15) is 49.9 Å². The van der Waals surface area contributed by atoms with Crippen LogP contribution in [0.2, 0.25) is 0 Å². The summed E-state index contributed by atoms with van der Waals surface area (Å²) in [6.07, 6.45) is 3.77. The fraction of sp³-hybridized carbons (Fsp3) is 0.462. The van der Waals surface area contributed by atoms with Crippen LogP contribution < -0.4 is 10.3 Å². The van der Waals surface area contributed by atoms with Gasteiger partial charge in [0.2, 0.25) is 0 Å². The Morgan fingerprint density at radius 2 is 2.17 bits per heavy atom. The van der Waals surface area contributed by atoms with E-state index in [1.165, 1.54) is 0 Å². The molecule has 4 aromatic rings. The molecule has 0 radical (unpaired) electrons. The van der Waals surface area contributed by atoms with Crippen LogP contribution in [0.4, 0.5) is 0 Å². The van der Waals surface area contributed by atoms with Crippen molar-refractivity contribution in [3.63, 3.8) is 0 Å². The summed E-state index contributed by atoms with van der Waals surface area (Å²) in [5, 5.41) is 13.6. The first-order chi connectivity index (χ1) is 17.5. The van der Waals surface area contributed by atoms with E-state index in [1.807, 2.05) is 36.4 Å². The number of nitrogens with one attached hydrogen (secondary N) is 1. The Labute approximate surface area is 209 Å². The maximum Gasteiger partial charge on any atom is 0.252 e. The topological polar surface area (TPSA) is 111 Å². The van der Waals surface area contributed by atoms with Crippen LogP contribution in [-0.2, 0) is 17.8 Å². The quantitative estimate of drug-likeness (QED) is 0.358. The zero-order chi connectivity index (χ0) is 25.1. The third-order valence-electron chi connectivity index (χ3n) is 6.70. The summed E-state index contributed by atoms with van der Waals surface area (Å²) in [7, 11) is 1.64. The summed E-state index contributed by atoms with van der Waals surface area (Å²) in [6, 6.07) is 11.2. The average Bonchev–Trinajstić information content (AvgIpc) is 3.64. The number of fused-ring (bicyclic) bond motifs is 1. The van der Waals surface area contributed by atoms with E-state index in [9.17, 15) is 4.79 Å². The van der Waals surface area contributed by atoms with Gasteiger partial charge in [0.15, 0.2) is 5.82 Å². The molecule has 1 fully saturated rings. The third-order valence-corrected chi connectivity index (χ3v) is 6.70. The maximum absolute atomic E-state index is 13.1. The van der Waals surface area contributed by atoms with E-state index >= 15 is 0 Å². The van der Waals surface area contributed by atoms with E-state index in [1.54, 1.807) is 18.1 Å². The van der Waals surface area contributed by atoms with Gasteiger partial charge < -0.3 is 18.9 Å². The van der Waals surface area contributed by atoms with E-state index in [-0.39, 0.29) is 23.6 Å². The number of ether oxygens (including phenoxy) is 2. The van der Waals surface area contributed by atoms with Crippen molar-refractivity contribution in [1.82, 2.24) is 30.1 Å². The monoisotopic (exact) mass is 492 g/mol. The lowest BCUT2D eigenvalue weighted by molar-refractivity contribution is 0.0384. The molecule has 1 N–H and O–H groups in total. The van der Waals surface area contributed by atoms with Crippen LogP contribution >= 0.6 is 0 Å². The van der Waals surface area contributed by atoms with Gasteiger partial charge in [-0.1, -0.05) is 13.8 Å². The average molecular weight is 493 g/mol. The molecule has 0 aliphatic carbocycles. The van der Waals surface area contributed by atoms with E-state index in [4.69, 9.17) is 13.9 Å². The first-order valence-corrected chi connectivity index (χ1v) is 12.4. The van der Waals surface area contributed by atoms with E-state index in [2.05, 4.69) is 39.3 Å². The molecule has 4 heterocycles. The summed E-state index contributed by atoms with van der Waals surface area (Å²) in [6.45, 7) is 6.59. The van der Waals surface area contributed by atoms with Gasteiger partial charge in [-0.3, -0.25) is 9.69 Å². The summed E-state index contributed by atoms with van der Waals surface area (Å²) < 4.78 is 18.7. The van der Waals surface area contributed by atoms with Crippen molar-refractivity contribution < 1.29 is 13.9 Å². The number of nitrogens with zero attached hydrogens (tertiary/aromatic N) is 5. The number of tetrazole rings is 1. The number of H-pyrrole nitrogens is 1. The zero-order valence-corrected chi connectivity index (χ0v) is 20.9. The van der Waals surface area contributed by atoms with Crippen molar-refractivity contribution in [3.8, 4) is 5.75 Å². The second-order valence-corrected chi connectivity index (χ2v) is 9.60. The first-order valence-electron chi connectivity index (χ1n) is 12.4. The van der Waals surface area contributed by atoms with Crippen molar-refractivity contribution in [1.29, 1.82) is 0 Å². The molecular formula is C26H32N6O4. The normalized spacial score (nSPS) is 16.9. The van der Waals surface area contributed by atoms with Crippen LogP contribution in [0.25, 0.3) is 10.9 Å². The summed E-state index contributed by atoms with van der Waals surface area (Å²) in [5.74, 6) is 2.43. The molecule has 36 heavy (non-hydrogen) atoms. The second kappa shape index (κ2) is 10.6. The molecule has 10 nitrogen and oxygen atoms in total. The molecule has 190 valence electrons. The lowest BCUT2D eigenvalue weighted by Crippen LogP contribution is -2.40. The van der Waals surface area contributed by atoms with E-state index in [0.717, 1.165) is 47.7 Å². The van der Waals surface area contributed by atoms with Crippen molar-refractivity contribution in [2.75, 3.05) is 20.3 Å². The largest absolute Gasteiger partial charge is 0.497 e. The summed E-state index contributed by atoms with van der Waals surface area (Å²) >= 11 is 0. The third kappa shape index (κ3) is 5.19. The van der Waals surface area contributed by atoms with Crippen LogP contribution in [-0.4, -0.2) is 56.5 Å². The Balaban J connectivity index is 1.51. The maximum atomic E-state index is 13.1. The molecule has 1 aliphatic heterocycles. The molecule has 5 rings (SSSR count). The SMILES string of the molecule is COc1ccc2[nH]c(=O)c(CN(C[C@@H]3CCCO3)[C@@H](c3nnnn3Cc3ccco3)C(C)C)cc2c1. The smallest absolute Gasteiger partial charge is 0.252 e. The minimum atomic E-state index is -0.139. The second-order valence-electron chi connectivity index (χ2n) is 9.60. The highest BCUT2D eigenvalue weighted by Gasteiger charge is 2.32. The predicted octanol–water partition coefficient (Wildman–Crippen LogP) is 3.54. The van der Waals surface area contributed by atoms with Gasteiger partial charge in [0, 0.05) is 36.2 Å². The number of pyridine rings is 1. The molecule has 0 spiro atoms. The number of furan rings is 1. The highest BCUT2D eigenvalue weighted by atomic mass is 16.5.